The summed E-state index contributed by atoms with van der Waals surface area (Å²) in [6.45, 7) is 9.70. The molecule has 2 atom stereocenters. The smallest absolute Gasteiger partial charge is 0.253 e. The van der Waals surface area contributed by atoms with Gasteiger partial charge < -0.3 is 24.8 Å². The van der Waals surface area contributed by atoms with E-state index in [1.807, 2.05) is 46.0 Å². The van der Waals surface area contributed by atoms with Gasteiger partial charge in [0.05, 0.1) is 46.1 Å². The maximum atomic E-state index is 13.8. The van der Waals surface area contributed by atoms with E-state index in [1.54, 1.807) is 0 Å². The molecule has 2 saturated heterocycles. The molecular weight excluding hydrogens is 597 g/mol. The normalized spacial score (nSPS) is 23.4. The Balaban J connectivity index is 1.32. The minimum absolute atomic E-state index is 0.0339. The van der Waals surface area contributed by atoms with Gasteiger partial charge in [-0.1, -0.05) is 57.0 Å². The number of benzene rings is 2. The van der Waals surface area contributed by atoms with E-state index in [2.05, 4.69) is 33.1 Å². The number of fused-ring (bicyclic) bond motifs is 3. The molecule has 0 radical (unpaired) electrons. The quantitative estimate of drug-likeness (QED) is 0.311. The third kappa shape index (κ3) is 6.18. The van der Waals surface area contributed by atoms with Crippen molar-refractivity contribution in [3.8, 4) is 0 Å². The molecule has 8 nitrogen and oxygen atoms in total. The number of ether oxygens (including phenoxy) is 1. The van der Waals surface area contributed by atoms with Crippen molar-refractivity contribution >= 4 is 51.7 Å². The number of aryl methyl sites for hydroxylation is 1. The minimum atomic E-state index is -0.500. The molecule has 2 bridgehead atoms. The monoisotopic (exact) mass is 639 g/mol. The highest BCUT2D eigenvalue weighted by atomic mass is 35.5. The Hall–Kier alpha value is -2.81. The highest BCUT2D eigenvalue weighted by molar-refractivity contribution is 6.36. The van der Waals surface area contributed by atoms with E-state index in [4.69, 9.17) is 32.9 Å². The van der Waals surface area contributed by atoms with Crippen molar-refractivity contribution in [1.82, 2.24) is 20.2 Å². The number of rotatable bonds is 7. The third-order valence-electron chi connectivity index (χ3n) is 9.62. The SMILES string of the molecule is CC1CCC(NC(=O)c2cc3nc(Cc4c(Cl)ccc(CNC(=O)C(C)(C)C)c4Cl)n(C)c3cc2N2C[C@@H]3C[C@H]2CO3)CC1. The average molecular weight is 641 g/mol. The van der Waals surface area contributed by atoms with Crippen molar-refractivity contribution in [1.29, 1.82) is 0 Å². The number of anilines is 1. The first-order valence-corrected chi connectivity index (χ1v) is 16.6. The van der Waals surface area contributed by atoms with Crippen LogP contribution in [0.25, 0.3) is 11.0 Å². The van der Waals surface area contributed by atoms with Crippen LogP contribution < -0.4 is 15.5 Å². The lowest BCUT2D eigenvalue weighted by Crippen LogP contribution is -2.40. The second-order valence-corrected chi connectivity index (χ2v) is 14.8. The second kappa shape index (κ2) is 12.2. The van der Waals surface area contributed by atoms with Gasteiger partial charge in [0.1, 0.15) is 5.82 Å². The van der Waals surface area contributed by atoms with Gasteiger partial charge in [0, 0.05) is 43.0 Å². The summed E-state index contributed by atoms with van der Waals surface area (Å²) in [5, 5.41) is 7.39. The van der Waals surface area contributed by atoms with Gasteiger partial charge in [0.2, 0.25) is 5.91 Å². The van der Waals surface area contributed by atoms with Crippen LogP contribution in [0.3, 0.4) is 0 Å². The summed E-state index contributed by atoms with van der Waals surface area (Å²) in [6, 6.07) is 8.20. The van der Waals surface area contributed by atoms with Gasteiger partial charge in [-0.05, 0) is 67.3 Å². The first-order valence-electron chi connectivity index (χ1n) is 15.8. The molecule has 3 heterocycles. The number of imidazole rings is 1. The summed E-state index contributed by atoms with van der Waals surface area (Å²) in [7, 11) is 1.99. The van der Waals surface area contributed by atoms with Crippen LogP contribution >= 0.6 is 23.2 Å². The van der Waals surface area contributed by atoms with Crippen molar-refractivity contribution in [3.05, 3.63) is 56.8 Å². The number of halogens is 2. The molecule has 3 aromatic rings. The molecule has 0 unspecified atom stereocenters. The van der Waals surface area contributed by atoms with Gasteiger partial charge in [-0.25, -0.2) is 4.98 Å². The largest absolute Gasteiger partial charge is 0.374 e. The number of nitrogens with zero attached hydrogens (tertiary/aromatic N) is 3. The maximum Gasteiger partial charge on any atom is 0.253 e. The topological polar surface area (TPSA) is 88.5 Å². The summed E-state index contributed by atoms with van der Waals surface area (Å²) in [5.41, 5.74) is 4.37. The van der Waals surface area contributed by atoms with Crippen LogP contribution in [-0.4, -0.2) is 52.7 Å². The number of aromatic nitrogens is 2. The molecular formula is C34H43Cl2N5O3. The van der Waals surface area contributed by atoms with Crippen LogP contribution in [0.1, 0.15) is 87.1 Å². The lowest BCUT2D eigenvalue weighted by atomic mass is 9.87. The predicted molar refractivity (Wildman–Crippen MR) is 176 cm³/mol. The van der Waals surface area contributed by atoms with Gasteiger partial charge in [-0.3, -0.25) is 9.59 Å². The van der Waals surface area contributed by atoms with E-state index < -0.39 is 5.41 Å². The van der Waals surface area contributed by atoms with E-state index in [0.717, 1.165) is 72.3 Å². The van der Waals surface area contributed by atoms with E-state index in [0.29, 0.717) is 41.1 Å². The molecule has 2 aliphatic heterocycles. The van der Waals surface area contributed by atoms with Crippen LogP contribution in [0, 0.1) is 11.3 Å². The Morgan fingerprint density at radius 1 is 1.11 bits per heavy atom. The van der Waals surface area contributed by atoms with Crippen LogP contribution in [0.5, 0.6) is 0 Å². The number of morpholine rings is 1. The first-order chi connectivity index (χ1) is 20.9. The minimum Gasteiger partial charge on any atom is -0.374 e. The molecule has 6 rings (SSSR count). The molecule has 3 fully saturated rings. The number of hydrogen-bond donors (Lipinski definition) is 2. The van der Waals surface area contributed by atoms with Crippen molar-refractivity contribution in [2.75, 3.05) is 18.1 Å². The number of hydrogen-bond acceptors (Lipinski definition) is 5. The van der Waals surface area contributed by atoms with E-state index >= 15 is 0 Å². The molecule has 1 aromatic heterocycles. The lowest BCUT2D eigenvalue weighted by molar-refractivity contribution is -0.128. The van der Waals surface area contributed by atoms with Crippen LogP contribution in [0.15, 0.2) is 24.3 Å². The van der Waals surface area contributed by atoms with Gasteiger partial charge in [-0.2, -0.15) is 0 Å². The van der Waals surface area contributed by atoms with Crippen LogP contribution in [-0.2, 0) is 29.5 Å². The van der Waals surface area contributed by atoms with Gasteiger partial charge in [0.15, 0.2) is 0 Å². The van der Waals surface area contributed by atoms with Crippen LogP contribution in [0.4, 0.5) is 5.69 Å². The molecule has 3 aliphatic rings. The number of carbonyl (C=O) groups excluding carboxylic acids is 2. The molecule has 0 spiro atoms. The molecule has 2 amide bonds. The highest BCUT2D eigenvalue weighted by Gasteiger charge is 2.40. The van der Waals surface area contributed by atoms with Gasteiger partial charge >= 0.3 is 0 Å². The summed E-state index contributed by atoms with van der Waals surface area (Å²) in [6.07, 6.45) is 5.91. The number of nitrogens with one attached hydrogen (secondary N) is 2. The van der Waals surface area contributed by atoms with Crippen molar-refractivity contribution in [2.24, 2.45) is 18.4 Å². The Morgan fingerprint density at radius 2 is 1.86 bits per heavy atom. The fourth-order valence-electron chi connectivity index (χ4n) is 6.76. The van der Waals surface area contributed by atoms with Crippen LogP contribution in [0.2, 0.25) is 10.0 Å². The lowest BCUT2D eigenvalue weighted by Gasteiger charge is -2.31. The summed E-state index contributed by atoms with van der Waals surface area (Å²) in [5.74, 6) is 1.42. The van der Waals surface area contributed by atoms with Crippen molar-refractivity contribution in [2.45, 2.75) is 91.0 Å². The van der Waals surface area contributed by atoms with E-state index in [9.17, 15) is 9.59 Å². The second-order valence-electron chi connectivity index (χ2n) is 14.0. The summed E-state index contributed by atoms with van der Waals surface area (Å²) in [4.78, 5) is 33.6. The third-order valence-corrected chi connectivity index (χ3v) is 10.4. The Morgan fingerprint density at radius 3 is 2.52 bits per heavy atom. The van der Waals surface area contributed by atoms with Gasteiger partial charge in [0.25, 0.3) is 5.91 Å². The number of amides is 2. The molecule has 10 heteroatoms. The Bertz CT molecular complexity index is 1590. The highest BCUT2D eigenvalue weighted by Crippen LogP contribution is 2.38. The zero-order chi connectivity index (χ0) is 31.3. The Labute approximate surface area is 269 Å². The molecule has 1 aliphatic carbocycles. The standard InChI is InChI=1S/C34H43Cl2N5O3/c1-19-6-9-21(10-7-19)38-32(42)25-13-27-29(15-28(25)41-17-23-12-22(41)18-44-23)40(5)30(39-27)14-24-26(35)11-8-20(31(24)36)16-37-33(43)34(2,3)4/h8,11,13,15,19,21-23H,6-7,9-10,12,14,16-18H2,1-5H3,(H,37,43)(H,38,42)/t19?,21?,22-,23-/m0/s1. The first kappa shape index (κ1) is 31.2. The molecule has 2 N–H and O–H groups in total. The van der Waals surface area contributed by atoms with Gasteiger partial charge in [-0.15, -0.1) is 0 Å². The molecule has 1 saturated carbocycles. The number of carbonyl (C=O) groups is 2. The fraction of sp³-hybridized carbons (Fsp3) is 0.559. The fourth-order valence-corrected chi connectivity index (χ4v) is 7.33. The van der Waals surface area contributed by atoms with Crippen molar-refractivity contribution < 1.29 is 14.3 Å². The zero-order valence-corrected chi connectivity index (χ0v) is 27.8. The maximum absolute atomic E-state index is 13.8. The Kier molecular flexibility index (Phi) is 8.63. The zero-order valence-electron chi connectivity index (χ0n) is 26.3. The van der Waals surface area contributed by atoms with E-state index in [-0.39, 0.29) is 30.0 Å². The predicted octanol–water partition coefficient (Wildman–Crippen LogP) is 6.42. The molecule has 44 heavy (non-hydrogen) atoms. The average Bonchev–Trinajstić information content (AvgIpc) is 3.70. The van der Waals surface area contributed by atoms with Crippen molar-refractivity contribution in [3.63, 3.8) is 0 Å². The molecule has 236 valence electrons. The summed E-state index contributed by atoms with van der Waals surface area (Å²) < 4.78 is 7.95. The molecule has 2 aromatic carbocycles. The van der Waals surface area contributed by atoms with E-state index in [1.165, 1.54) is 0 Å². The summed E-state index contributed by atoms with van der Waals surface area (Å²) >= 11 is 13.6.